The van der Waals surface area contributed by atoms with Crippen molar-refractivity contribution >= 4 is 17.5 Å². The molecule has 7 heteroatoms. The molecule has 0 spiro atoms. The van der Waals surface area contributed by atoms with E-state index in [1.165, 1.54) is 12.3 Å². The second kappa shape index (κ2) is 10.3. The topological polar surface area (TPSA) is 65.5 Å². The number of para-hydroxylation sites is 1. The van der Waals surface area contributed by atoms with Crippen molar-refractivity contribution in [3.05, 3.63) is 59.2 Å². The fraction of sp³-hybridized carbons (Fsp3) is 0.435. The first kappa shape index (κ1) is 21.9. The number of nitrogens with one attached hydrogen (secondary N) is 1. The molecule has 2 aromatic rings. The number of pyridine rings is 1. The number of hydrogen-bond acceptors (Lipinski definition) is 4. The van der Waals surface area contributed by atoms with Crippen LogP contribution in [0, 0.1) is 5.95 Å². The van der Waals surface area contributed by atoms with Crippen molar-refractivity contribution in [1.29, 1.82) is 0 Å². The van der Waals surface area contributed by atoms with Gasteiger partial charge >= 0.3 is 0 Å². The number of anilines is 1. The number of rotatable bonds is 6. The molecular formula is C23H29FN4O2. The molecule has 1 aliphatic heterocycles. The van der Waals surface area contributed by atoms with Gasteiger partial charge < -0.3 is 10.2 Å². The summed E-state index contributed by atoms with van der Waals surface area (Å²) >= 11 is 0. The van der Waals surface area contributed by atoms with Crippen molar-refractivity contribution in [1.82, 2.24) is 14.8 Å². The molecule has 0 unspecified atom stereocenters. The summed E-state index contributed by atoms with van der Waals surface area (Å²) in [7, 11) is 0. The zero-order chi connectivity index (χ0) is 21.5. The van der Waals surface area contributed by atoms with Crippen LogP contribution in [0.15, 0.2) is 36.5 Å². The average Bonchev–Trinajstić information content (AvgIpc) is 2.99. The zero-order valence-corrected chi connectivity index (χ0v) is 17.7. The lowest BCUT2D eigenvalue weighted by Gasteiger charge is -2.22. The Morgan fingerprint density at radius 1 is 1.03 bits per heavy atom. The molecule has 1 aromatic carbocycles. The van der Waals surface area contributed by atoms with Gasteiger partial charge in [-0.2, -0.15) is 4.39 Å². The summed E-state index contributed by atoms with van der Waals surface area (Å²) in [5, 5.41) is 3.10. The highest BCUT2D eigenvalue weighted by Gasteiger charge is 2.24. The molecule has 0 bridgehead atoms. The van der Waals surface area contributed by atoms with Gasteiger partial charge in [-0.1, -0.05) is 32.0 Å². The Morgan fingerprint density at radius 3 is 2.43 bits per heavy atom. The van der Waals surface area contributed by atoms with Crippen LogP contribution in [0.1, 0.15) is 41.8 Å². The molecule has 30 heavy (non-hydrogen) atoms. The third-order valence-electron chi connectivity index (χ3n) is 5.50. The SMILES string of the molecule is CCc1cccc(CC)c1NC(=O)CN1CCCN(C(=O)c2cccnc2F)CC1. The van der Waals surface area contributed by atoms with Gasteiger partial charge in [0.1, 0.15) is 0 Å². The van der Waals surface area contributed by atoms with E-state index in [2.05, 4.69) is 24.1 Å². The van der Waals surface area contributed by atoms with Crippen LogP contribution in [-0.2, 0) is 17.6 Å². The molecule has 0 radical (unpaired) electrons. The first-order chi connectivity index (χ1) is 14.5. The maximum atomic E-state index is 13.9. The molecule has 1 aliphatic rings. The second-order valence-corrected chi connectivity index (χ2v) is 7.47. The standard InChI is InChI=1S/C23H29FN4O2/c1-3-17-8-5-9-18(4-2)21(17)26-20(29)16-27-12-7-13-28(15-14-27)23(30)19-10-6-11-25-22(19)24/h5-6,8-11H,3-4,7,12-16H2,1-2H3,(H,26,29). The molecule has 1 N–H and O–H groups in total. The normalized spacial score (nSPS) is 15.0. The van der Waals surface area contributed by atoms with E-state index in [4.69, 9.17) is 0 Å². The number of aromatic nitrogens is 1. The van der Waals surface area contributed by atoms with Crippen molar-refractivity contribution in [3.8, 4) is 0 Å². The number of halogens is 1. The Hall–Kier alpha value is -2.80. The molecule has 2 heterocycles. The van der Waals surface area contributed by atoms with E-state index >= 15 is 0 Å². The number of nitrogens with zero attached hydrogens (tertiary/aromatic N) is 3. The highest BCUT2D eigenvalue weighted by molar-refractivity contribution is 5.94. The summed E-state index contributed by atoms with van der Waals surface area (Å²) in [4.78, 5) is 32.6. The van der Waals surface area contributed by atoms with E-state index in [-0.39, 0.29) is 23.9 Å². The zero-order valence-electron chi connectivity index (χ0n) is 17.7. The third kappa shape index (κ3) is 5.21. The van der Waals surface area contributed by atoms with E-state index in [9.17, 15) is 14.0 Å². The van der Waals surface area contributed by atoms with Crippen LogP contribution in [0.25, 0.3) is 0 Å². The van der Waals surface area contributed by atoms with Crippen LogP contribution in [-0.4, -0.2) is 59.3 Å². The van der Waals surface area contributed by atoms with Gasteiger partial charge in [0.25, 0.3) is 5.91 Å². The third-order valence-corrected chi connectivity index (χ3v) is 5.50. The van der Waals surface area contributed by atoms with Gasteiger partial charge in [-0.25, -0.2) is 4.98 Å². The molecule has 0 atom stereocenters. The van der Waals surface area contributed by atoms with Crippen molar-refractivity contribution in [2.24, 2.45) is 0 Å². The van der Waals surface area contributed by atoms with Gasteiger partial charge in [0.2, 0.25) is 11.9 Å². The molecule has 6 nitrogen and oxygen atoms in total. The van der Waals surface area contributed by atoms with Crippen molar-refractivity contribution < 1.29 is 14.0 Å². The predicted octanol–water partition coefficient (Wildman–Crippen LogP) is 3.13. The van der Waals surface area contributed by atoms with Gasteiger partial charge in [0.15, 0.2) is 0 Å². The summed E-state index contributed by atoms with van der Waals surface area (Å²) in [6.45, 7) is 6.69. The number of amides is 2. The van der Waals surface area contributed by atoms with Crippen LogP contribution in [0.5, 0.6) is 0 Å². The van der Waals surface area contributed by atoms with E-state index in [0.717, 1.165) is 36.1 Å². The lowest BCUT2D eigenvalue weighted by Crippen LogP contribution is -2.38. The maximum absolute atomic E-state index is 13.9. The minimum Gasteiger partial charge on any atom is -0.337 e. The number of carbonyl (C=O) groups is 2. The highest BCUT2D eigenvalue weighted by Crippen LogP contribution is 2.22. The van der Waals surface area contributed by atoms with E-state index < -0.39 is 5.95 Å². The molecule has 0 aliphatic carbocycles. The first-order valence-electron chi connectivity index (χ1n) is 10.6. The Kier molecular flexibility index (Phi) is 7.52. The lowest BCUT2D eigenvalue weighted by atomic mass is 10.0. The van der Waals surface area contributed by atoms with Crippen molar-refractivity contribution in [2.75, 3.05) is 38.0 Å². The Bertz CT molecular complexity index is 880. The smallest absolute Gasteiger partial charge is 0.258 e. The molecule has 1 aromatic heterocycles. The van der Waals surface area contributed by atoms with Crippen molar-refractivity contribution in [2.45, 2.75) is 33.1 Å². The van der Waals surface area contributed by atoms with E-state index in [0.29, 0.717) is 26.2 Å². The number of hydrogen-bond donors (Lipinski definition) is 1. The Balaban J connectivity index is 1.60. The number of benzene rings is 1. The van der Waals surface area contributed by atoms with E-state index in [1.54, 1.807) is 11.0 Å². The molecule has 1 saturated heterocycles. The van der Waals surface area contributed by atoms with E-state index in [1.807, 2.05) is 23.1 Å². The Morgan fingerprint density at radius 2 is 1.77 bits per heavy atom. The maximum Gasteiger partial charge on any atom is 0.258 e. The lowest BCUT2D eigenvalue weighted by molar-refractivity contribution is -0.117. The summed E-state index contributed by atoms with van der Waals surface area (Å²) in [5.41, 5.74) is 3.18. The average molecular weight is 413 g/mol. The quantitative estimate of drug-likeness (QED) is 0.741. The highest BCUT2D eigenvalue weighted by atomic mass is 19.1. The monoisotopic (exact) mass is 412 g/mol. The van der Waals surface area contributed by atoms with Gasteiger partial charge in [-0.3, -0.25) is 14.5 Å². The molecule has 2 amide bonds. The fourth-order valence-corrected chi connectivity index (χ4v) is 3.83. The van der Waals surface area contributed by atoms with Gasteiger partial charge in [-0.15, -0.1) is 0 Å². The number of carbonyl (C=O) groups excluding carboxylic acids is 2. The molecule has 0 saturated carbocycles. The van der Waals surface area contributed by atoms with Gasteiger partial charge in [-0.05, 0) is 42.5 Å². The summed E-state index contributed by atoms with van der Waals surface area (Å²) in [6, 6.07) is 9.13. The molecular weight excluding hydrogens is 383 g/mol. The van der Waals surface area contributed by atoms with Crippen LogP contribution < -0.4 is 5.32 Å². The van der Waals surface area contributed by atoms with Crippen LogP contribution in [0.3, 0.4) is 0 Å². The minimum atomic E-state index is -0.746. The minimum absolute atomic E-state index is 0.00744. The summed E-state index contributed by atoms with van der Waals surface area (Å²) < 4.78 is 13.9. The largest absolute Gasteiger partial charge is 0.337 e. The first-order valence-corrected chi connectivity index (χ1v) is 10.6. The van der Waals surface area contributed by atoms with Gasteiger partial charge in [0, 0.05) is 38.1 Å². The predicted molar refractivity (Wildman–Crippen MR) is 115 cm³/mol. The van der Waals surface area contributed by atoms with Crippen molar-refractivity contribution in [3.63, 3.8) is 0 Å². The second-order valence-electron chi connectivity index (χ2n) is 7.47. The molecule has 1 fully saturated rings. The molecule has 160 valence electrons. The van der Waals surface area contributed by atoms with Crippen LogP contribution in [0.4, 0.5) is 10.1 Å². The Labute approximate surface area is 177 Å². The summed E-state index contributed by atoms with van der Waals surface area (Å²) in [6.07, 6.45) is 3.77. The van der Waals surface area contributed by atoms with Crippen LogP contribution in [0.2, 0.25) is 0 Å². The summed E-state index contributed by atoms with van der Waals surface area (Å²) in [5.74, 6) is -1.15. The number of aryl methyl sites for hydroxylation is 2. The fourth-order valence-electron chi connectivity index (χ4n) is 3.83. The van der Waals surface area contributed by atoms with Gasteiger partial charge in [0.05, 0.1) is 12.1 Å². The molecule has 3 rings (SSSR count). The van der Waals surface area contributed by atoms with Crippen LogP contribution >= 0.6 is 0 Å².